The molecule has 144 valence electrons. The van der Waals surface area contributed by atoms with Crippen LogP contribution in [-0.2, 0) is 16.1 Å². The van der Waals surface area contributed by atoms with Gasteiger partial charge in [-0.15, -0.1) is 24.0 Å². The first-order valence-electron chi connectivity index (χ1n) is 8.78. The van der Waals surface area contributed by atoms with Gasteiger partial charge in [0.15, 0.2) is 5.96 Å². The molecule has 1 unspecified atom stereocenters. The number of guanidine groups is 1. The van der Waals surface area contributed by atoms with Crippen LogP contribution < -0.4 is 5.32 Å². The van der Waals surface area contributed by atoms with E-state index in [1.807, 2.05) is 29.2 Å². The van der Waals surface area contributed by atoms with E-state index >= 15 is 0 Å². The third-order valence-corrected chi connectivity index (χ3v) is 4.92. The second kappa shape index (κ2) is 10.3. The Morgan fingerprint density at radius 2 is 1.88 bits per heavy atom. The average molecular weight is 493 g/mol. The van der Waals surface area contributed by atoms with Crippen LogP contribution in [0.15, 0.2) is 29.3 Å². The summed E-state index contributed by atoms with van der Waals surface area (Å²) < 4.78 is 5.51. The lowest BCUT2D eigenvalue weighted by molar-refractivity contribution is -0.142. The number of carbonyl (C=O) groups excluding carboxylic acids is 1. The average Bonchev–Trinajstić information content (AvgIpc) is 3.18. The molecule has 1 amide bonds. The first kappa shape index (κ1) is 21.2. The molecular weight excluding hydrogens is 467 g/mol. The van der Waals surface area contributed by atoms with Crippen molar-refractivity contribution in [1.29, 1.82) is 0 Å². The van der Waals surface area contributed by atoms with Crippen LogP contribution in [0.2, 0.25) is 5.02 Å². The number of halogens is 2. The minimum absolute atomic E-state index is 0. The van der Waals surface area contributed by atoms with E-state index in [9.17, 15) is 4.79 Å². The lowest BCUT2D eigenvalue weighted by atomic mass is 10.2. The van der Waals surface area contributed by atoms with Crippen LogP contribution in [0.4, 0.5) is 0 Å². The maximum Gasteiger partial charge on any atom is 0.251 e. The van der Waals surface area contributed by atoms with E-state index in [4.69, 9.17) is 16.3 Å². The molecule has 2 heterocycles. The normalized spacial score (nSPS) is 20.7. The summed E-state index contributed by atoms with van der Waals surface area (Å²) in [5.41, 5.74) is 1.15. The van der Waals surface area contributed by atoms with Gasteiger partial charge < -0.3 is 19.9 Å². The van der Waals surface area contributed by atoms with Crippen LogP contribution >= 0.6 is 35.6 Å². The van der Waals surface area contributed by atoms with Gasteiger partial charge in [-0.25, -0.2) is 0 Å². The molecule has 1 N–H and O–H groups in total. The summed E-state index contributed by atoms with van der Waals surface area (Å²) in [6.45, 7) is 4.37. The summed E-state index contributed by atoms with van der Waals surface area (Å²) in [6, 6.07) is 7.77. The number of carbonyl (C=O) groups is 1. The summed E-state index contributed by atoms with van der Waals surface area (Å²) in [5, 5.41) is 4.12. The van der Waals surface area contributed by atoms with Gasteiger partial charge in [0.2, 0.25) is 0 Å². The summed E-state index contributed by atoms with van der Waals surface area (Å²) in [5.74, 6) is 1.00. The molecule has 0 aliphatic carbocycles. The Hall–Kier alpha value is -1.06. The number of benzene rings is 1. The van der Waals surface area contributed by atoms with Crippen molar-refractivity contribution in [1.82, 2.24) is 15.1 Å². The Labute approximate surface area is 176 Å². The van der Waals surface area contributed by atoms with Gasteiger partial charge in [0.1, 0.15) is 6.10 Å². The van der Waals surface area contributed by atoms with Crippen molar-refractivity contribution in [3.05, 3.63) is 34.9 Å². The molecule has 1 aromatic carbocycles. The topological polar surface area (TPSA) is 57.2 Å². The first-order chi connectivity index (χ1) is 12.2. The fourth-order valence-electron chi connectivity index (χ4n) is 3.23. The highest BCUT2D eigenvalue weighted by Gasteiger charge is 2.30. The summed E-state index contributed by atoms with van der Waals surface area (Å²) in [7, 11) is 1.79. The smallest absolute Gasteiger partial charge is 0.251 e. The highest BCUT2D eigenvalue weighted by molar-refractivity contribution is 14.0. The minimum atomic E-state index is -0.228. The predicted molar refractivity (Wildman–Crippen MR) is 114 cm³/mol. The van der Waals surface area contributed by atoms with E-state index in [1.54, 1.807) is 7.05 Å². The van der Waals surface area contributed by atoms with Crippen LogP contribution in [0.3, 0.4) is 0 Å². The predicted octanol–water partition coefficient (Wildman–Crippen LogP) is 2.36. The van der Waals surface area contributed by atoms with E-state index in [0.29, 0.717) is 26.2 Å². The van der Waals surface area contributed by atoms with Gasteiger partial charge in [0, 0.05) is 51.4 Å². The standard InChI is InChI=1S/C18H25ClN4O2.HI/c1-20-18(21-13-14-4-6-15(19)7-5-14)23-10-8-22(9-11-23)17(24)16-3-2-12-25-16;/h4-7,16H,2-3,8-13H2,1H3,(H,20,21);1H. The summed E-state index contributed by atoms with van der Waals surface area (Å²) >= 11 is 5.92. The van der Waals surface area contributed by atoms with Crippen molar-refractivity contribution in [2.75, 3.05) is 39.8 Å². The number of hydrogen-bond donors (Lipinski definition) is 1. The highest BCUT2D eigenvalue weighted by Crippen LogP contribution is 2.16. The number of rotatable bonds is 3. The maximum absolute atomic E-state index is 12.4. The molecule has 2 aliphatic rings. The maximum atomic E-state index is 12.4. The third kappa shape index (κ3) is 5.47. The van der Waals surface area contributed by atoms with Crippen LogP contribution in [-0.4, -0.2) is 67.6 Å². The lowest BCUT2D eigenvalue weighted by Gasteiger charge is -2.37. The number of ether oxygens (including phenoxy) is 1. The Morgan fingerprint density at radius 3 is 2.46 bits per heavy atom. The third-order valence-electron chi connectivity index (χ3n) is 4.67. The van der Waals surface area contributed by atoms with Crippen LogP contribution in [0.5, 0.6) is 0 Å². The fraction of sp³-hybridized carbons (Fsp3) is 0.556. The zero-order valence-corrected chi connectivity index (χ0v) is 18.1. The van der Waals surface area contributed by atoms with Gasteiger partial charge in [-0.2, -0.15) is 0 Å². The molecule has 0 aromatic heterocycles. The van der Waals surface area contributed by atoms with Gasteiger partial charge in [-0.3, -0.25) is 9.79 Å². The van der Waals surface area contributed by atoms with E-state index in [0.717, 1.165) is 42.5 Å². The highest BCUT2D eigenvalue weighted by atomic mass is 127. The Kier molecular flexibility index (Phi) is 8.43. The molecule has 0 saturated carbocycles. The van der Waals surface area contributed by atoms with Crippen molar-refractivity contribution in [2.45, 2.75) is 25.5 Å². The summed E-state index contributed by atoms with van der Waals surface area (Å²) in [6.07, 6.45) is 1.61. The minimum Gasteiger partial charge on any atom is -0.368 e. The van der Waals surface area contributed by atoms with Gasteiger partial charge in [-0.1, -0.05) is 23.7 Å². The van der Waals surface area contributed by atoms with Crippen molar-refractivity contribution in [3.8, 4) is 0 Å². The van der Waals surface area contributed by atoms with E-state index in [2.05, 4.69) is 15.2 Å². The van der Waals surface area contributed by atoms with Crippen molar-refractivity contribution >= 4 is 47.4 Å². The van der Waals surface area contributed by atoms with Gasteiger partial charge in [0.25, 0.3) is 5.91 Å². The molecule has 3 rings (SSSR count). The molecule has 2 saturated heterocycles. The monoisotopic (exact) mass is 492 g/mol. The van der Waals surface area contributed by atoms with Gasteiger partial charge in [-0.05, 0) is 30.5 Å². The van der Waals surface area contributed by atoms with Crippen LogP contribution in [0.25, 0.3) is 0 Å². The Balaban J connectivity index is 0.00000243. The number of piperazine rings is 1. The molecule has 2 aliphatic heterocycles. The molecule has 6 nitrogen and oxygen atoms in total. The number of nitrogens with one attached hydrogen (secondary N) is 1. The molecular formula is C18H26ClIN4O2. The molecule has 0 radical (unpaired) electrons. The van der Waals surface area contributed by atoms with E-state index < -0.39 is 0 Å². The van der Waals surface area contributed by atoms with Gasteiger partial charge in [0.05, 0.1) is 0 Å². The molecule has 0 spiro atoms. The fourth-order valence-corrected chi connectivity index (χ4v) is 3.36. The largest absolute Gasteiger partial charge is 0.368 e. The zero-order chi connectivity index (χ0) is 17.6. The SMILES string of the molecule is CN=C(NCc1ccc(Cl)cc1)N1CCN(C(=O)C2CCCO2)CC1.I. The van der Waals surface area contributed by atoms with Crippen molar-refractivity contribution < 1.29 is 9.53 Å². The molecule has 0 bridgehead atoms. The number of amides is 1. The zero-order valence-electron chi connectivity index (χ0n) is 15.0. The first-order valence-corrected chi connectivity index (χ1v) is 9.15. The Morgan fingerprint density at radius 1 is 1.23 bits per heavy atom. The second-order valence-corrected chi connectivity index (χ2v) is 6.78. The van der Waals surface area contributed by atoms with E-state index in [1.165, 1.54) is 0 Å². The quantitative estimate of drug-likeness (QED) is 0.400. The van der Waals surface area contributed by atoms with Crippen LogP contribution in [0, 0.1) is 0 Å². The number of nitrogens with zero attached hydrogens (tertiary/aromatic N) is 3. The summed E-state index contributed by atoms with van der Waals surface area (Å²) in [4.78, 5) is 20.9. The molecule has 2 fully saturated rings. The molecule has 1 atom stereocenters. The molecule has 8 heteroatoms. The lowest BCUT2D eigenvalue weighted by Crippen LogP contribution is -2.55. The van der Waals surface area contributed by atoms with Crippen LogP contribution in [0.1, 0.15) is 18.4 Å². The number of aliphatic imine (C=N–C) groups is 1. The van der Waals surface area contributed by atoms with Gasteiger partial charge >= 0.3 is 0 Å². The van der Waals surface area contributed by atoms with Crippen molar-refractivity contribution in [3.63, 3.8) is 0 Å². The van der Waals surface area contributed by atoms with E-state index in [-0.39, 0.29) is 36.0 Å². The second-order valence-electron chi connectivity index (χ2n) is 6.34. The molecule has 1 aromatic rings. The van der Waals surface area contributed by atoms with Crippen molar-refractivity contribution in [2.24, 2.45) is 4.99 Å². The number of hydrogen-bond acceptors (Lipinski definition) is 3. The Bertz CT molecular complexity index is 612. The molecule has 26 heavy (non-hydrogen) atoms.